The predicted molar refractivity (Wildman–Crippen MR) is 68.1 cm³/mol. The zero-order valence-electron chi connectivity index (χ0n) is 10.5. The number of likely N-dealkylation sites (tertiary alicyclic amines) is 1. The van der Waals surface area contributed by atoms with Crippen molar-refractivity contribution in [3.8, 4) is 0 Å². The van der Waals surface area contributed by atoms with Gasteiger partial charge >= 0.3 is 5.69 Å². The molecule has 2 heterocycles. The minimum absolute atomic E-state index is 0.0103. The lowest BCUT2D eigenvalue weighted by Gasteiger charge is -2.35. The average molecular weight is 267 g/mol. The zero-order chi connectivity index (χ0) is 13.8. The van der Waals surface area contributed by atoms with E-state index >= 15 is 0 Å². The second-order valence-electron chi connectivity index (χ2n) is 4.65. The van der Waals surface area contributed by atoms with E-state index < -0.39 is 17.2 Å². The van der Waals surface area contributed by atoms with Gasteiger partial charge in [0.05, 0.1) is 0 Å². The van der Waals surface area contributed by atoms with E-state index in [1.165, 1.54) is 0 Å². The second-order valence-corrected chi connectivity index (χ2v) is 4.65. The Morgan fingerprint density at radius 1 is 1.42 bits per heavy atom. The molecule has 0 radical (unpaired) electrons. The Labute approximate surface area is 109 Å². The van der Waals surface area contributed by atoms with Crippen molar-refractivity contribution in [2.24, 2.45) is 0 Å². The molecule has 2 rings (SSSR count). The summed E-state index contributed by atoms with van der Waals surface area (Å²) in [5.74, 6) is -0.393. The highest BCUT2D eigenvalue weighted by Crippen LogP contribution is 2.20. The van der Waals surface area contributed by atoms with Gasteiger partial charge in [-0.3, -0.25) is 14.6 Å². The molecule has 1 aliphatic rings. The van der Waals surface area contributed by atoms with Crippen molar-refractivity contribution < 1.29 is 9.90 Å². The fourth-order valence-corrected chi connectivity index (χ4v) is 2.44. The van der Waals surface area contributed by atoms with Gasteiger partial charge < -0.3 is 15.0 Å². The lowest BCUT2D eigenvalue weighted by atomic mass is 9.99. The predicted octanol–water partition coefficient (Wildman–Crippen LogP) is -0.560. The topological polar surface area (TPSA) is 106 Å². The molecule has 1 unspecified atom stereocenters. The maximum absolute atomic E-state index is 12.3. The Hall–Kier alpha value is -1.89. The van der Waals surface area contributed by atoms with E-state index in [4.69, 9.17) is 5.11 Å². The first-order chi connectivity index (χ1) is 9.13. The highest BCUT2D eigenvalue weighted by Gasteiger charge is 2.28. The molecule has 3 N–H and O–H groups in total. The molecule has 1 saturated heterocycles. The van der Waals surface area contributed by atoms with E-state index in [1.54, 1.807) is 4.90 Å². The average Bonchev–Trinajstić information content (AvgIpc) is 2.39. The highest BCUT2D eigenvalue weighted by molar-refractivity contribution is 5.93. The van der Waals surface area contributed by atoms with Gasteiger partial charge in [-0.15, -0.1) is 0 Å². The van der Waals surface area contributed by atoms with E-state index in [-0.39, 0.29) is 18.2 Å². The van der Waals surface area contributed by atoms with Crippen LogP contribution >= 0.6 is 0 Å². The van der Waals surface area contributed by atoms with Gasteiger partial charge in [0.2, 0.25) is 0 Å². The zero-order valence-corrected chi connectivity index (χ0v) is 10.5. The maximum atomic E-state index is 12.3. The number of hydrogen-bond donors (Lipinski definition) is 3. The van der Waals surface area contributed by atoms with Crippen LogP contribution in [0, 0.1) is 0 Å². The minimum Gasteiger partial charge on any atom is -0.396 e. The molecule has 1 aliphatic heterocycles. The summed E-state index contributed by atoms with van der Waals surface area (Å²) < 4.78 is 0. The first-order valence-electron chi connectivity index (χ1n) is 6.37. The molecule has 1 fully saturated rings. The first-order valence-corrected chi connectivity index (χ1v) is 6.37. The molecule has 1 aromatic rings. The summed E-state index contributed by atoms with van der Waals surface area (Å²) in [6.45, 7) is 0.582. The van der Waals surface area contributed by atoms with Crippen LogP contribution in [-0.2, 0) is 0 Å². The maximum Gasteiger partial charge on any atom is 0.325 e. The normalized spacial score (nSPS) is 19.4. The fraction of sp³-hybridized carbons (Fsp3) is 0.583. The number of hydrogen-bond acceptors (Lipinski definition) is 4. The number of aromatic amines is 2. The largest absolute Gasteiger partial charge is 0.396 e. The number of rotatable bonds is 3. The molecule has 7 nitrogen and oxygen atoms in total. The van der Waals surface area contributed by atoms with Gasteiger partial charge in [0.25, 0.3) is 11.5 Å². The van der Waals surface area contributed by atoms with E-state index in [1.807, 2.05) is 4.98 Å². The third-order valence-corrected chi connectivity index (χ3v) is 3.40. The lowest BCUT2D eigenvalue weighted by molar-refractivity contribution is 0.0572. The van der Waals surface area contributed by atoms with E-state index in [0.717, 1.165) is 25.5 Å². The lowest BCUT2D eigenvalue weighted by Crippen LogP contribution is -2.46. The number of aromatic nitrogens is 2. The Kier molecular flexibility index (Phi) is 4.16. The van der Waals surface area contributed by atoms with Crippen LogP contribution in [-0.4, -0.2) is 45.1 Å². The van der Waals surface area contributed by atoms with Crippen molar-refractivity contribution in [1.29, 1.82) is 0 Å². The SMILES string of the molecule is O=C(c1c[nH]c(=O)[nH]c1=O)N1CCCCC1CCO. The third-order valence-electron chi connectivity index (χ3n) is 3.40. The van der Waals surface area contributed by atoms with Gasteiger partial charge in [0, 0.05) is 25.4 Å². The summed E-state index contributed by atoms with van der Waals surface area (Å²) in [5.41, 5.74) is -1.38. The molecule has 0 spiro atoms. The van der Waals surface area contributed by atoms with E-state index in [0.29, 0.717) is 13.0 Å². The Morgan fingerprint density at radius 3 is 2.89 bits per heavy atom. The van der Waals surface area contributed by atoms with Crippen LogP contribution in [0.25, 0.3) is 0 Å². The minimum atomic E-state index is -0.679. The van der Waals surface area contributed by atoms with Crippen molar-refractivity contribution in [1.82, 2.24) is 14.9 Å². The quantitative estimate of drug-likeness (QED) is 0.682. The van der Waals surface area contributed by atoms with Crippen molar-refractivity contribution in [2.45, 2.75) is 31.7 Å². The fourth-order valence-electron chi connectivity index (χ4n) is 2.44. The summed E-state index contributed by atoms with van der Waals surface area (Å²) in [6.07, 6.45) is 4.38. The van der Waals surface area contributed by atoms with Gasteiger partial charge in [0.1, 0.15) is 5.56 Å². The highest BCUT2D eigenvalue weighted by atomic mass is 16.3. The van der Waals surface area contributed by atoms with Gasteiger partial charge in [-0.1, -0.05) is 0 Å². The third kappa shape index (κ3) is 2.93. The monoisotopic (exact) mass is 267 g/mol. The summed E-state index contributed by atoms with van der Waals surface area (Å²) in [5, 5.41) is 9.03. The number of aliphatic hydroxyl groups is 1. The van der Waals surface area contributed by atoms with Gasteiger partial charge in [-0.05, 0) is 25.7 Å². The summed E-state index contributed by atoms with van der Waals surface area (Å²) in [6, 6.07) is -0.0439. The second kappa shape index (κ2) is 5.83. The Balaban J connectivity index is 2.26. The number of piperidine rings is 1. The molecule has 0 saturated carbocycles. The van der Waals surface area contributed by atoms with Crippen LogP contribution in [0.3, 0.4) is 0 Å². The first kappa shape index (κ1) is 13.5. The number of amides is 1. The number of H-pyrrole nitrogens is 2. The molecular formula is C12H17N3O4. The van der Waals surface area contributed by atoms with E-state index in [9.17, 15) is 14.4 Å². The number of aliphatic hydroxyl groups excluding tert-OH is 1. The molecule has 19 heavy (non-hydrogen) atoms. The number of nitrogens with one attached hydrogen (secondary N) is 2. The van der Waals surface area contributed by atoms with E-state index in [2.05, 4.69) is 4.98 Å². The van der Waals surface area contributed by atoms with Crippen LogP contribution in [0.15, 0.2) is 15.8 Å². The number of nitrogens with zero attached hydrogens (tertiary/aromatic N) is 1. The molecule has 7 heteroatoms. The van der Waals surface area contributed by atoms with Crippen molar-refractivity contribution >= 4 is 5.91 Å². The molecule has 1 aromatic heterocycles. The van der Waals surface area contributed by atoms with Gasteiger partial charge in [-0.2, -0.15) is 0 Å². The van der Waals surface area contributed by atoms with Crippen molar-refractivity contribution in [2.75, 3.05) is 13.2 Å². The Morgan fingerprint density at radius 2 is 2.21 bits per heavy atom. The standard InChI is InChI=1S/C12H17N3O4/c16-6-4-8-3-1-2-5-15(8)11(18)9-7-13-12(19)14-10(9)17/h7-8,16H,1-6H2,(H2,13,14,17,19). The molecule has 0 aromatic carbocycles. The van der Waals surface area contributed by atoms with Crippen molar-refractivity contribution in [3.05, 3.63) is 32.6 Å². The van der Waals surface area contributed by atoms with Gasteiger partial charge in [-0.25, -0.2) is 4.79 Å². The van der Waals surface area contributed by atoms with Crippen LogP contribution in [0.2, 0.25) is 0 Å². The van der Waals surface area contributed by atoms with Crippen LogP contribution in [0.5, 0.6) is 0 Å². The number of carbonyl (C=O) groups excluding carboxylic acids is 1. The molecule has 0 aliphatic carbocycles. The summed E-state index contributed by atoms with van der Waals surface area (Å²) in [4.78, 5) is 40.8. The Bertz CT molecular complexity index is 561. The van der Waals surface area contributed by atoms with Crippen LogP contribution in [0.4, 0.5) is 0 Å². The molecule has 1 amide bonds. The molecule has 0 bridgehead atoms. The summed E-state index contributed by atoms with van der Waals surface area (Å²) >= 11 is 0. The van der Waals surface area contributed by atoms with Crippen LogP contribution < -0.4 is 11.2 Å². The molecule has 1 atom stereocenters. The number of carbonyl (C=O) groups is 1. The molecular weight excluding hydrogens is 250 g/mol. The summed E-state index contributed by atoms with van der Waals surface area (Å²) in [7, 11) is 0. The van der Waals surface area contributed by atoms with Crippen molar-refractivity contribution in [3.63, 3.8) is 0 Å². The molecule has 104 valence electrons. The smallest absolute Gasteiger partial charge is 0.325 e. The van der Waals surface area contributed by atoms with Gasteiger partial charge in [0.15, 0.2) is 0 Å². The van der Waals surface area contributed by atoms with Crippen LogP contribution in [0.1, 0.15) is 36.0 Å².